The molecule has 0 radical (unpaired) electrons. The molecule has 1 saturated heterocycles. The normalized spacial score (nSPS) is 21.0. The van der Waals surface area contributed by atoms with Crippen molar-refractivity contribution in [3.05, 3.63) is 0 Å². The molecular weight excluding hydrogens is 357 g/mol. The van der Waals surface area contributed by atoms with Crippen molar-refractivity contribution in [3.63, 3.8) is 0 Å². The van der Waals surface area contributed by atoms with Gasteiger partial charge in [-0.2, -0.15) is 11.8 Å². The Bertz CT molecular complexity index is 290. The standard InChI is InChI=1S/C13H27N3S.HI/c1-7-14-11(15-8-9-17-6)16-10-12(2,3)13(16,4)5;/h7-10H2,1-6H3,(H,14,15);1H. The number of aliphatic imine (C=N–C) groups is 1. The maximum Gasteiger partial charge on any atom is 0.194 e. The quantitative estimate of drug-likeness (QED) is 0.349. The second kappa shape index (κ2) is 7.22. The molecule has 0 atom stereocenters. The molecule has 1 aliphatic heterocycles. The fourth-order valence-corrected chi connectivity index (χ4v) is 2.31. The van der Waals surface area contributed by atoms with Crippen molar-refractivity contribution in [3.8, 4) is 0 Å². The molecule has 1 fully saturated rings. The van der Waals surface area contributed by atoms with Gasteiger partial charge in [-0.1, -0.05) is 13.8 Å². The lowest BCUT2D eigenvalue weighted by Crippen LogP contribution is -2.72. The highest BCUT2D eigenvalue weighted by molar-refractivity contribution is 14.0. The summed E-state index contributed by atoms with van der Waals surface area (Å²) in [6.07, 6.45) is 2.12. The Morgan fingerprint density at radius 3 is 2.33 bits per heavy atom. The van der Waals surface area contributed by atoms with Crippen LogP contribution in [-0.2, 0) is 0 Å². The van der Waals surface area contributed by atoms with Crippen LogP contribution in [0, 0.1) is 5.41 Å². The highest BCUT2D eigenvalue weighted by Gasteiger charge is 2.53. The number of halogens is 1. The van der Waals surface area contributed by atoms with Gasteiger partial charge in [-0.15, -0.1) is 24.0 Å². The zero-order valence-electron chi connectivity index (χ0n) is 12.5. The van der Waals surface area contributed by atoms with Crippen molar-refractivity contribution in [1.29, 1.82) is 0 Å². The summed E-state index contributed by atoms with van der Waals surface area (Å²) in [5.41, 5.74) is 0.552. The fourth-order valence-electron chi connectivity index (χ4n) is 2.04. The van der Waals surface area contributed by atoms with E-state index in [1.54, 1.807) is 0 Å². The third-order valence-corrected chi connectivity index (χ3v) is 4.62. The summed E-state index contributed by atoms with van der Waals surface area (Å²) in [5.74, 6) is 2.16. The lowest BCUT2D eigenvalue weighted by molar-refractivity contribution is -0.0667. The highest BCUT2D eigenvalue weighted by atomic mass is 127. The van der Waals surface area contributed by atoms with Crippen LogP contribution >= 0.6 is 35.7 Å². The number of thioether (sulfide) groups is 1. The zero-order valence-corrected chi connectivity index (χ0v) is 15.7. The number of nitrogens with one attached hydrogen (secondary N) is 1. The third kappa shape index (κ3) is 3.68. The van der Waals surface area contributed by atoms with E-state index in [4.69, 9.17) is 4.99 Å². The second-order valence-electron chi connectivity index (χ2n) is 5.76. The third-order valence-electron chi connectivity index (χ3n) is 4.03. The lowest BCUT2D eigenvalue weighted by Gasteiger charge is -2.62. The average Bonchev–Trinajstić information content (AvgIpc) is 2.25. The first kappa shape index (κ1) is 18.4. The first-order chi connectivity index (χ1) is 7.86. The van der Waals surface area contributed by atoms with E-state index in [0.29, 0.717) is 5.41 Å². The van der Waals surface area contributed by atoms with E-state index in [1.807, 2.05) is 11.8 Å². The Morgan fingerprint density at radius 2 is 1.94 bits per heavy atom. The molecule has 0 spiro atoms. The van der Waals surface area contributed by atoms with Gasteiger partial charge in [0.2, 0.25) is 0 Å². The van der Waals surface area contributed by atoms with E-state index in [2.05, 4.69) is 51.1 Å². The minimum Gasteiger partial charge on any atom is -0.356 e. The largest absolute Gasteiger partial charge is 0.356 e. The van der Waals surface area contributed by atoms with E-state index >= 15 is 0 Å². The van der Waals surface area contributed by atoms with Crippen LogP contribution in [0.2, 0.25) is 0 Å². The molecule has 0 amide bonds. The Hall–Kier alpha value is 0.350. The summed E-state index contributed by atoms with van der Waals surface area (Å²) in [4.78, 5) is 7.10. The number of guanidine groups is 1. The van der Waals surface area contributed by atoms with Gasteiger partial charge in [0.05, 0.1) is 6.54 Å². The fraction of sp³-hybridized carbons (Fsp3) is 0.923. The van der Waals surface area contributed by atoms with Crippen LogP contribution in [0.3, 0.4) is 0 Å². The van der Waals surface area contributed by atoms with E-state index in [-0.39, 0.29) is 29.5 Å². The zero-order chi connectivity index (χ0) is 13.1. The first-order valence-electron chi connectivity index (χ1n) is 6.41. The molecule has 0 aromatic carbocycles. The molecule has 1 N–H and O–H groups in total. The summed E-state index contributed by atoms with van der Waals surface area (Å²) in [6.45, 7) is 14.3. The molecule has 108 valence electrons. The molecule has 0 unspecified atom stereocenters. The smallest absolute Gasteiger partial charge is 0.194 e. The molecule has 1 heterocycles. The van der Waals surface area contributed by atoms with Crippen LogP contribution in [-0.4, -0.2) is 48.0 Å². The Kier molecular flexibility index (Phi) is 7.36. The predicted octanol–water partition coefficient (Wildman–Crippen LogP) is 3.05. The Balaban J connectivity index is 0.00000289. The number of rotatable bonds is 4. The lowest BCUT2D eigenvalue weighted by atomic mass is 9.65. The van der Waals surface area contributed by atoms with Crippen molar-refractivity contribution >= 4 is 41.7 Å². The maximum atomic E-state index is 4.70. The van der Waals surface area contributed by atoms with Crippen molar-refractivity contribution in [1.82, 2.24) is 10.2 Å². The van der Waals surface area contributed by atoms with E-state index in [0.717, 1.165) is 31.3 Å². The monoisotopic (exact) mass is 385 g/mol. The van der Waals surface area contributed by atoms with Crippen LogP contribution in [0.15, 0.2) is 4.99 Å². The van der Waals surface area contributed by atoms with Gasteiger partial charge in [0, 0.05) is 29.8 Å². The summed E-state index contributed by atoms with van der Waals surface area (Å²) in [7, 11) is 0. The summed E-state index contributed by atoms with van der Waals surface area (Å²) in [6, 6.07) is 0. The average molecular weight is 385 g/mol. The molecule has 1 rings (SSSR count). The molecule has 1 aliphatic rings. The van der Waals surface area contributed by atoms with Gasteiger partial charge in [0.15, 0.2) is 5.96 Å². The highest BCUT2D eigenvalue weighted by Crippen LogP contribution is 2.46. The van der Waals surface area contributed by atoms with Gasteiger partial charge in [-0.05, 0) is 27.0 Å². The number of nitrogens with zero attached hydrogens (tertiary/aromatic N) is 2. The summed E-state index contributed by atoms with van der Waals surface area (Å²) >= 11 is 1.85. The number of likely N-dealkylation sites (tertiary alicyclic amines) is 1. The minimum absolute atomic E-state index is 0. The van der Waals surface area contributed by atoms with Gasteiger partial charge in [-0.3, -0.25) is 4.99 Å². The van der Waals surface area contributed by atoms with Crippen molar-refractivity contribution in [2.75, 3.05) is 31.6 Å². The maximum absolute atomic E-state index is 4.70. The second-order valence-corrected chi connectivity index (χ2v) is 6.74. The number of hydrogen-bond donors (Lipinski definition) is 1. The van der Waals surface area contributed by atoms with E-state index in [1.165, 1.54) is 0 Å². The van der Waals surface area contributed by atoms with Crippen LogP contribution in [0.25, 0.3) is 0 Å². The van der Waals surface area contributed by atoms with Crippen LogP contribution < -0.4 is 5.32 Å². The van der Waals surface area contributed by atoms with Crippen LogP contribution in [0.1, 0.15) is 34.6 Å². The summed E-state index contributed by atoms with van der Waals surface area (Å²) in [5, 5.41) is 3.40. The molecule has 0 aromatic heterocycles. The molecule has 0 saturated carbocycles. The molecular formula is C13H28IN3S. The van der Waals surface area contributed by atoms with Crippen LogP contribution in [0.5, 0.6) is 0 Å². The van der Waals surface area contributed by atoms with Gasteiger partial charge >= 0.3 is 0 Å². The molecule has 18 heavy (non-hydrogen) atoms. The van der Waals surface area contributed by atoms with E-state index in [9.17, 15) is 0 Å². The number of hydrogen-bond acceptors (Lipinski definition) is 2. The summed E-state index contributed by atoms with van der Waals surface area (Å²) < 4.78 is 0. The van der Waals surface area contributed by atoms with Crippen molar-refractivity contribution in [2.45, 2.75) is 40.2 Å². The van der Waals surface area contributed by atoms with Gasteiger partial charge in [0.25, 0.3) is 0 Å². The first-order valence-corrected chi connectivity index (χ1v) is 7.81. The van der Waals surface area contributed by atoms with E-state index < -0.39 is 0 Å². The predicted molar refractivity (Wildman–Crippen MR) is 94.3 cm³/mol. The van der Waals surface area contributed by atoms with Gasteiger partial charge in [0.1, 0.15) is 0 Å². The SMILES string of the molecule is CCNC(=NCCSC)N1CC(C)(C)C1(C)C.I. The Morgan fingerprint density at radius 1 is 1.33 bits per heavy atom. The molecule has 0 aromatic rings. The topological polar surface area (TPSA) is 27.6 Å². The molecule has 0 aliphatic carbocycles. The van der Waals surface area contributed by atoms with Crippen molar-refractivity contribution < 1.29 is 0 Å². The Labute approximate surface area is 134 Å². The van der Waals surface area contributed by atoms with Crippen LogP contribution in [0.4, 0.5) is 0 Å². The minimum atomic E-state index is 0. The molecule has 0 bridgehead atoms. The molecule has 3 nitrogen and oxygen atoms in total. The van der Waals surface area contributed by atoms with Gasteiger partial charge in [-0.25, -0.2) is 0 Å². The van der Waals surface area contributed by atoms with Crippen molar-refractivity contribution in [2.24, 2.45) is 10.4 Å². The molecule has 5 heteroatoms. The van der Waals surface area contributed by atoms with Gasteiger partial charge < -0.3 is 10.2 Å².